The van der Waals surface area contributed by atoms with Crippen molar-refractivity contribution in [3.8, 4) is 5.75 Å². The minimum Gasteiger partial charge on any atom is -0.406 e. The fraction of sp³-hybridized carbons (Fsp3) is 0.176. The number of halogens is 4. The van der Waals surface area contributed by atoms with Crippen LogP contribution in [0.15, 0.2) is 53.0 Å². The average molecular weight is 416 g/mol. The molecule has 2 rings (SSSR count). The van der Waals surface area contributed by atoms with E-state index in [1.54, 1.807) is 24.3 Å². The molecule has 0 aliphatic carbocycles. The van der Waals surface area contributed by atoms with Crippen molar-refractivity contribution < 1.29 is 27.5 Å². The molecule has 0 saturated carbocycles. The molecule has 1 N–H and O–H groups in total. The molecule has 1 amide bonds. The van der Waals surface area contributed by atoms with Crippen LogP contribution in [0.2, 0.25) is 0 Å². The van der Waals surface area contributed by atoms with E-state index in [-0.39, 0.29) is 24.4 Å². The highest BCUT2D eigenvalue weighted by Crippen LogP contribution is 2.24. The molecule has 25 heavy (non-hydrogen) atoms. The second-order valence-corrected chi connectivity index (χ2v) is 5.97. The lowest BCUT2D eigenvalue weighted by Gasteiger charge is -2.10. The van der Waals surface area contributed by atoms with Crippen molar-refractivity contribution in [2.45, 2.75) is 19.2 Å². The monoisotopic (exact) mass is 415 g/mol. The number of benzene rings is 2. The Morgan fingerprint density at radius 3 is 2.12 bits per heavy atom. The van der Waals surface area contributed by atoms with E-state index in [1.807, 2.05) is 0 Å². The highest BCUT2D eigenvalue weighted by molar-refractivity contribution is 9.10. The minimum atomic E-state index is -4.77. The molecule has 0 atom stereocenters. The zero-order valence-electron chi connectivity index (χ0n) is 12.8. The van der Waals surface area contributed by atoms with Gasteiger partial charge in [0.1, 0.15) is 5.75 Å². The summed E-state index contributed by atoms with van der Waals surface area (Å²) in [5.41, 5.74) is 0.820. The summed E-state index contributed by atoms with van der Waals surface area (Å²) in [6.45, 7) is 0. The predicted octanol–water partition coefficient (Wildman–Crippen LogP) is 4.95. The molecule has 8 heteroatoms. The van der Waals surface area contributed by atoms with Crippen molar-refractivity contribution in [3.63, 3.8) is 0 Å². The van der Waals surface area contributed by atoms with Gasteiger partial charge in [-0.05, 0) is 36.4 Å². The first-order valence-corrected chi connectivity index (χ1v) is 7.97. The van der Waals surface area contributed by atoms with Crippen LogP contribution in [0.4, 0.5) is 18.9 Å². The first kappa shape index (κ1) is 19.0. The second kappa shape index (κ2) is 8.15. The van der Waals surface area contributed by atoms with Gasteiger partial charge in [-0.15, -0.1) is 13.2 Å². The van der Waals surface area contributed by atoms with E-state index in [2.05, 4.69) is 26.0 Å². The molecule has 0 saturated heterocycles. The van der Waals surface area contributed by atoms with Crippen LogP contribution in [0, 0.1) is 0 Å². The van der Waals surface area contributed by atoms with Crippen molar-refractivity contribution >= 4 is 33.3 Å². The maximum atomic E-state index is 12.1. The van der Waals surface area contributed by atoms with E-state index >= 15 is 0 Å². The van der Waals surface area contributed by atoms with Gasteiger partial charge in [-0.2, -0.15) is 0 Å². The Hall–Kier alpha value is -2.35. The third-order valence-corrected chi connectivity index (χ3v) is 3.65. The van der Waals surface area contributed by atoms with Crippen LogP contribution in [-0.4, -0.2) is 18.1 Å². The molecule has 2 aromatic rings. The molecule has 0 bridgehead atoms. The van der Waals surface area contributed by atoms with E-state index in [1.165, 1.54) is 12.1 Å². The molecule has 0 unspecified atom stereocenters. The Labute approximate surface area is 150 Å². The number of hydrogen-bond donors (Lipinski definition) is 1. The molecule has 0 aliphatic rings. The van der Waals surface area contributed by atoms with E-state index in [0.29, 0.717) is 11.3 Å². The lowest BCUT2D eigenvalue weighted by molar-refractivity contribution is -0.274. The molecule has 0 fully saturated rings. The highest BCUT2D eigenvalue weighted by Gasteiger charge is 2.30. The van der Waals surface area contributed by atoms with Crippen LogP contribution >= 0.6 is 15.9 Å². The number of alkyl halides is 3. The summed E-state index contributed by atoms with van der Waals surface area (Å²) in [5, 5.41) is 2.51. The second-order valence-electron chi connectivity index (χ2n) is 5.05. The number of hydrogen-bond acceptors (Lipinski definition) is 3. The van der Waals surface area contributed by atoms with Gasteiger partial charge in [-0.1, -0.05) is 28.1 Å². The fourth-order valence-electron chi connectivity index (χ4n) is 1.97. The average Bonchev–Trinajstić information content (AvgIpc) is 2.54. The number of Topliss-reactive ketones (excluding diaryl/α,β-unsaturated/α-hetero) is 1. The van der Waals surface area contributed by atoms with Gasteiger partial charge in [-0.25, -0.2) is 0 Å². The van der Waals surface area contributed by atoms with Crippen molar-refractivity contribution in [1.29, 1.82) is 0 Å². The van der Waals surface area contributed by atoms with Crippen LogP contribution in [0.3, 0.4) is 0 Å². The number of ketones is 1. The van der Waals surface area contributed by atoms with Crippen molar-refractivity contribution in [3.05, 3.63) is 58.6 Å². The summed E-state index contributed by atoms with van der Waals surface area (Å²) in [6.07, 6.45) is -4.77. The molecular weight excluding hydrogens is 403 g/mol. The van der Waals surface area contributed by atoms with Gasteiger partial charge >= 0.3 is 6.36 Å². The molecule has 0 aromatic heterocycles. The molecule has 0 spiro atoms. The Balaban J connectivity index is 1.83. The quantitative estimate of drug-likeness (QED) is 0.679. The molecule has 0 heterocycles. The molecule has 0 aliphatic heterocycles. The van der Waals surface area contributed by atoms with Crippen molar-refractivity contribution in [1.82, 2.24) is 0 Å². The third kappa shape index (κ3) is 6.58. The first-order chi connectivity index (χ1) is 11.7. The lowest BCUT2D eigenvalue weighted by atomic mass is 10.1. The number of nitrogens with one attached hydrogen (secondary N) is 1. The highest BCUT2D eigenvalue weighted by atomic mass is 79.9. The Morgan fingerprint density at radius 1 is 0.960 bits per heavy atom. The summed E-state index contributed by atoms with van der Waals surface area (Å²) in [6, 6.07) is 11.5. The van der Waals surface area contributed by atoms with Gasteiger partial charge in [0.2, 0.25) is 5.91 Å². The maximum Gasteiger partial charge on any atom is 0.573 e. The van der Waals surface area contributed by atoms with E-state index in [0.717, 1.165) is 16.6 Å². The SMILES string of the molecule is O=C(CCC(=O)c1ccc(Br)cc1)Nc1ccc(OC(F)(F)F)cc1. The summed E-state index contributed by atoms with van der Waals surface area (Å²) in [5.74, 6) is -0.956. The van der Waals surface area contributed by atoms with Crippen LogP contribution in [-0.2, 0) is 4.79 Å². The van der Waals surface area contributed by atoms with Crippen LogP contribution in [0.1, 0.15) is 23.2 Å². The van der Waals surface area contributed by atoms with Crippen LogP contribution < -0.4 is 10.1 Å². The number of ether oxygens (including phenoxy) is 1. The summed E-state index contributed by atoms with van der Waals surface area (Å²) in [4.78, 5) is 23.8. The predicted molar refractivity (Wildman–Crippen MR) is 89.5 cm³/mol. The normalized spacial score (nSPS) is 11.0. The molecule has 132 valence electrons. The van der Waals surface area contributed by atoms with E-state index < -0.39 is 12.3 Å². The summed E-state index contributed by atoms with van der Waals surface area (Å²) < 4.78 is 40.8. The first-order valence-electron chi connectivity index (χ1n) is 7.17. The number of carbonyl (C=O) groups excluding carboxylic acids is 2. The maximum absolute atomic E-state index is 12.1. The third-order valence-electron chi connectivity index (χ3n) is 3.12. The van der Waals surface area contributed by atoms with E-state index in [9.17, 15) is 22.8 Å². The van der Waals surface area contributed by atoms with Crippen molar-refractivity contribution in [2.24, 2.45) is 0 Å². The van der Waals surface area contributed by atoms with Gasteiger partial charge in [0.15, 0.2) is 5.78 Å². The fourth-order valence-corrected chi connectivity index (χ4v) is 2.23. The minimum absolute atomic E-state index is 0.0305. The number of amides is 1. The lowest BCUT2D eigenvalue weighted by Crippen LogP contribution is -2.17. The van der Waals surface area contributed by atoms with Crippen LogP contribution in [0.25, 0.3) is 0 Å². The number of anilines is 1. The number of carbonyl (C=O) groups is 2. The molecule has 0 radical (unpaired) electrons. The standard InChI is InChI=1S/C17H13BrF3NO3/c18-12-3-1-11(2-4-12)15(23)9-10-16(24)22-13-5-7-14(8-6-13)25-17(19,20)21/h1-8H,9-10H2,(H,22,24). The molecular formula is C17H13BrF3NO3. The van der Waals surface area contributed by atoms with Gasteiger partial charge < -0.3 is 10.1 Å². The Kier molecular flexibility index (Phi) is 6.19. The van der Waals surface area contributed by atoms with Gasteiger partial charge in [0, 0.05) is 28.6 Å². The van der Waals surface area contributed by atoms with Gasteiger partial charge in [0.25, 0.3) is 0 Å². The smallest absolute Gasteiger partial charge is 0.406 e. The zero-order chi connectivity index (χ0) is 18.4. The van der Waals surface area contributed by atoms with E-state index in [4.69, 9.17) is 0 Å². The zero-order valence-corrected chi connectivity index (χ0v) is 14.4. The van der Waals surface area contributed by atoms with Crippen LogP contribution in [0.5, 0.6) is 5.75 Å². The molecule has 2 aromatic carbocycles. The van der Waals surface area contributed by atoms with Gasteiger partial charge in [-0.3, -0.25) is 9.59 Å². The molecule has 4 nitrogen and oxygen atoms in total. The van der Waals surface area contributed by atoms with Crippen molar-refractivity contribution in [2.75, 3.05) is 5.32 Å². The van der Waals surface area contributed by atoms with Gasteiger partial charge in [0.05, 0.1) is 0 Å². The largest absolute Gasteiger partial charge is 0.573 e. The number of rotatable bonds is 6. The Morgan fingerprint density at radius 2 is 1.56 bits per heavy atom. The summed E-state index contributed by atoms with van der Waals surface area (Å²) in [7, 11) is 0. The topological polar surface area (TPSA) is 55.4 Å². The summed E-state index contributed by atoms with van der Waals surface area (Å²) >= 11 is 3.27. The Bertz CT molecular complexity index is 743.